The zero-order chi connectivity index (χ0) is 18.0. The van der Waals surface area contributed by atoms with Gasteiger partial charge in [-0.05, 0) is 39.7 Å². The molecule has 8 heteroatoms. The molecule has 25 heavy (non-hydrogen) atoms. The van der Waals surface area contributed by atoms with Gasteiger partial charge in [-0.2, -0.15) is 0 Å². The van der Waals surface area contributed by atoms with Gasteiger partial charge in [0, 0.05) is 0 Å². The number of anilines is 1. The number of hydrogen-bond donors (Lipinski definition) is 3. The van der Waals surface area contributed by atoms with Crippen molar-refractivity contribution < 1.29 is 9.53 Å². The first-order valence-electron chi connectivity index (χ1n) is 7.45. The summed E-state index contributed by atoms with van der Waals surface area (Å²) in [6.45, 7) is 1.71. The van der Waals surface area contributed by atoms with E-state index in [1.807, 2.05) is 36.4 Å². The molecule has 2 aromatic carbocycles. The summed E-state index contributed by atoms with van der Waals surface area (Å²) in [6.07, 6.45) is 0. The lowest BCUT2D eigenvalue weighted by atomic mass is 10.1. The summed E-state index contributed by atoms with van der Waals surface area (Å²) in [4.78, 5) is 20.1. The molecule has 0 bridgehead atoms. The number of carbonyl (C=O) groups is 1. The summed E-state index contributed by atoms with van der Waals surface area (Å²) >= 11 is 3.56. The van der Waals surface area contributed by atoms with Crippen LogP contribution in [0.1, 0.15) is 21.7 Å². The number of carbonyl (C=O) groups excluding carboxylic acids is 1. The van der Waals surface area contributed by atoms with Crippen LogP contribution >= 0.6 is 15.9 Å². The molecule has 3 rings (SSSR count). The fourth-order valence-corrected chi connectivity index (χ4v) is 3.21. The summed E-state index contributed by atoms with van der Waals surface area (Å²) in [5, 5.41) is 2.12. The van der Waals surface area contributed by atoms with Gasteiger partial charge in [0.25, 0.3) is 5.91 Å². The molecule has 0 radical (unpaired) electrons. The van der Waals surface area contributed by atoms with Crippen LogP contribution in [0.5, 0.6) is 5.75 Å². The molecule has 1 aromatic heterocycles. The van der Waals surface area contributed by atoms with Crippen LogP contribution < -0.4 is 21.7 Å². The van der Waals surface area contributed by atoms with Crippen LogP contribution in [0.2, 0.25) is 0 Å². The maximum Gasteiger partial charge on any atom is 0.269 e. The molecule has 0 unspecified atom stereocenters. The summed E-state index contributed by atoms with van der Waals surface area (Å²) in [5.74, 6) is 5.45. The van der Waals surface area contributed by atoms with Crippen molar-refractivity contribution in [1.82, 2.24) is 15.4 Å². The summed E-state index contributed by atoms with van der Waals surface area (Å²) in [7, 11) is 0. The van der Waals surface area contributed by atoms with Gasteiger partial charge >= 0.3 is 0 Å². The highest BCUT2D eigenvalue weighted by Gasteiger charge is 2.18. The van der Waals surface area contributed by atoms with Crippen LogP contribution in [-0.4, -0.2) is 15.9 Å². The molecule has 0 spiro atoms. The van der Waals surface area contributed by atoms with E-state index in [-0.39, 0.29) is 18.1 Å². The van der Waals surface area contributed by atoms with E-state index in [9.17, 15) is 4.79 Å². The lowest BCUT2D eigenvalue weighted by Gasteiger charge is -2.13. The molecule has 0 fully saturated rings. The second kappa shape index (κ2) is 7.04. The summed E-state index contributed by atoms with van der Waals surface area (Å²) in [6, 6.07) is 11.7. The van der Waals surface area contributed by atoms with Gasteiger partial charge in [0.2, 0.25) is 5.95 Å². The highest BCUT2D eigenvalue weighted by atomic mass is 79.9. The van der Waals surface area contributed by atoms with Crippen molar-refractivity contribution in [3.63, 3.8) is 0 Å². The second-order valence-electron chi connectivity index (χ2n) is 5.35. The van der Waals surface area contributed by atoms with Crippen molar-refractivity contribution in [3.8, 4) is 5.75 Å². The molecule has 3 aromatic rings. The van der Waals surface area contributed by atoms with Crippen molar-refractivity contribution in [2.45, 2.75) is 13.5 Å². The first kappa shape index (κ1) is 17.1. The van der Waals surface area contributed by atoms with E-state index < -0.39 is 5.91 Å². The lowest BCUT2D eigenvalue weighted by molar-refractivity contribution is 0.0949. The maximum atomic E-state index is 12.0. The number of hydrogen-bond acceptors (Lipinski definition) is 6. The number of nitrogens with zero attached hydrogens (tertiary/aromatic N) is 2. The van der Waals surface area contributed by atoms with Crippen molar-refractivity contribution in [2.24, 2.45) is 5.84 Å². The monoisotopic (exact) mass is 401 g/mol. The second-order valence-corrected chi connectivity index (χ2v) is 6.14. The fraction of sp³-hybridized carbons (Fsp3) is 0.118. The Kier molecular flexibility index (Phi) is 4.82. The van der Waals surface area contributed by atoms with E-state index in [1.165, 1.54) is 0 Å². The smallest absolute Gasteiger partial charge is 0.269 e. The Morgan fingerprint density at radius 3 is 2.76 bits per heavy atom. The standard InChI is InChI=1S/C17H16BrN5O2/c1-9-14(16(24)23-20)12(22-17(19)21-9)8-25-13-7-6-10-4-2-3-5-11(10)15(13)18/h2-7H,8,20H2,1H3,(H,23,24)(H2,19,21,22). The fourth-order valence-electron chi connectivity index (χ4n) is 2.60. The van der Waals surface area contributed by atoms with Gasteiger partial charge in [-0.15, -0.1) is 0 Å². The maximum absolute atomic E-state index is 12.0. The number of rotatable bonds is 4. The van der Waals surface area contributed by atoms with E-state index in [0.29, 0.717) is 17.1 Å². The molecule has 0 saturated heterocycles. The predicted octanol–water partition coefficient (Wildman–Crippen LogP) is 2.47. The molecule has 1 heterocycles. The molecule has 1 amide bonds. The van der Waals surface area contributed by atoms with Gasteiger partial charge in [0.05, 0.1) is 21.4 Å². The Hall–Kier alpha value is -2.71. The highest BCUT2D eigenvalue weighted by Crippen LogP contribution is 2.33. The number of halogens is 1. The Morgan fingerprint density at radius 1 is 1.24 bits per heavy atom. The molecule has 7 nitrogen and oxygen atoms in total. The minimum atomic E-state index is -0.492. The minimum Gasteiger partial charge on any atom is -0.486 e. The molecule has 0 aliphatic rings. The van der Waals surface area contributed by atoms with E-state index in [4.69, 9.17) is 16.3 Å². The third kappa shape index (κ3) is 3.40. The zero-order valence-corrected chi connectivity index (χ0v) is 15.0. The molecular weight excluding hydrogens is 386 g/mol. The van der Waals surface area contributed by atoms with Crippen molar-refractivity contribution in [1.29, 1.82) is 0 Å². The minimum absolute atomic E-state index is 0.0489. The average molecular weight is 402 g/mol. The van der Waals surface area contributed by atoms with Crippen molar-refractivity contribution in [2.75, 3.05) is 5.73 Å². The van der Waals surface area contributed by atoms with Crippen LogP contribution in [0.4, 0.5) is 5.95 Å². The molecule has 0 aliphatic carbocycles. The van der Waals surface area contributed by atoms with Gasteiger partial charge in [-0.25, -0.2) is 15.8 Å². The number of benzene rings is 2. The third-order valence-electron chi connectivity index (χ3n) is 3.73. The molecular formula is C17H16BrN5O2. The van der Waals surface area contributed by atoms with E-state index in [1.54, 1.807) is 6.92 Å². The van der Waals surface area contributed by atoms with Gasteiger partial charge in [-0.3, -0.25) is 10.2 Å². The van der Waals surface area contributed by atoms with Gasteiger partial charge < -0.3 is 10.5 Å². The number of amides is 1. The van der Waals surface area contributed by atoms with Crippen LogP contribution in [-0.2, 0) is 6.61 Å². The highest BCUT2D eigenvalue weighted by molar-refractivity contribution is 9.10. The first-order chi connectivity index (χ1) is 12.0. The van der Waals surface area contributed by atoms with Gasteiger partial charge in [-0.1, -0.05) is 30.3 Å². The topological polar surface area (TPSA) is 116 Å². The van der Waals surface area contributed by atoms with Crippen molar-refractivity contribution in [3.05, 3.63) is 57.8 Å². The predicted molar refractivity (Wildman–Crippen MR) is 98.8 cm³/mol. The Balaban J connectivity index is 1.94. The number of nitrogens with two attached hydrogens (primary N) is 2. The normalized spacial score (nSPS) is 10.7. The van der Waals surface area contributed by atoms with E-state index >= 15 is 0 Å². The lowest BCUT2D eigenvalue weighted by Crippen LogP contribution is -2.32. The number of ether oxygens (including phenoxy) is 1. The number of aryl methyl sites for hydroxylation is 1. The number of fused-ring (bicyclic) bond motifs is 1. The van der Waals surface area contributed by atoms with Crippen LogP contribution in [0.25, 0.3) is 10.8 Å². The van der Waals surface area contributed by atoms with Crippen LogP contribution in [0, 0.1) is 6.92 Å². The molecule has 0 atom stereocenters. The SMILES string of the molecule is Cc1nc(N)nc(COc2ccc3ccccc3c2Br)c1C(=O)NN. The molecule has 5 N–H and O–H groups in total. The summed E-state index contributed by atoms with van der Waals surface area (Å²) in [5.41, 5.74) is 8.85. The Labute approximate surface area is 152 Å². The average Bonchev–Trinajstić information content (AvgIpc) is 2.60. The number of hydrazine groups is 1. The molecule has 128 valence electrons. The molecule has 0 saturated carbocycles. The Morgan fingerprint density at radius 2 is 2.00 bits per heavy atom. The van der Waals surface area contributed by atoms with E-state index in [0.717, 1.165) is 15.2 Å². The van der Waals surface area contributed by atoms with E-state index in [2.05, 4.69) is 31.3 Å². The first-order valence-corrected chi connectivity index (χ1v) is 8.24. The number of nitrogens with one attached hydrogen (secondary N) is 1. The van der Waals surface area contributed by atoms with Crippen molar-refractivity contribution >= 4 is 38.6 Å². The Bertz CT molecular complexity index is 961. The third-order valence-corrected chi connectivity index (χ3v) is 4.55. The summed E-state index contributed by atoms with van der Waals surface area (Å²) < 4.78 is 6.69. The van der Waals surface area contributed by atoms with Gasteiger partial charge in [0.1, 0.15) is 12.4 Å². The van der Waals surface area contributed by atoms with Crippen LogP contribution in [0.15, 0.2) is 40.9 Å². The number of aromatic nitrogens is 2. The largest absolute Gasteiger partial charge is 0.486 e. The zero-order valence-electron chi connectivity index (χ0n) is 13.4. The quantitative estimate of drug-likeness (QED) is 0.351. The van der Waals surface area contributed by atoms with Gasteiger partial charge in [0.15, 0.2) is 0 Å². The number of nitrogen functional groups attached to an aromatic ring is 2. The van der Waals surface area contributed by atoms with Crippen LogP contribution in [0.3, 0.4) is 0 Å². The molecule has 0 aliphatic heterocycles.